The van der Waals surface area contributed by atoms with Gasteiger partial charge in [0.15, 0.2) is 0 Å². The van der Waals surface area contributed by atoms with E-state index in [9.17, 15) is 5.11 Å². The Labute approximate surface area is 122 Å². The van der Waals surface area contributed by atoms with Gasteiger partial charge in [0, 0.05) is 13.1 Å². The third-order valence-corrected chi connectivity index (χ3v) is 2.88. The van der Waals surface area contributed by atoms with E-state index < -0.39 is 6.10 Å². The zero-order valence-corrected chi connectivity index (χ0v) is 13.0. The quantitative estimate of drug-likeness (QED) is 0.680. The summed E-state index contributed by atoms with van der Waals surface area (Å²) in [6.07, 6.45) is -0.275. The predicted octanol–water partition coefficient (Wildman–Crippen LogP) is 2.06. The molecule has 4 heteroatoms. The van der Waals surface area contributed by atoms with E-state index in [1.807, 2.05) is 39.8 Å². The molecule has 0 spiro atoms. The molecule has 0 saturated heterocycles. The number of rotatable bonds is 9. The first-order valence-electron chi connectivity index (χ1n) is 7.19. The largest absolute Gasteiger partial charge is 0.491 e. The molecular formula is C16H27NO3. The van der Waals surface area contributed by atoms with Gasteiger partial charge < -0.3 is 19.9 Å². The summed E-state index contributed by atoms with van der Waals surface area (Å²) in [5.41, 5.74) is 2.24. The van der Waals surface area contributed by atoms with Crippen LogP contribution in [0.15, 0.2) is 18.2 Å². The molecule has 0 fully saturated rings. The van der Waals surface area contributed by atoms with Gasteiger partial charge in [0.25, 0.3) is 0 Å². The second-order valence-electron chi connectivity index (χ2n) is 5.36. The van der Waals surface area contributed by atoms with E-state index in [-0.39, 0.29) is 6.10 Å². The Balaban J connectivity index is 2.19. The number of hydrogen-bond donors (Lipinski definition) is 2. The second kappa shape index (κ2) is 8.95. The van der Waals surface area contributed by atoms with E-state index in [1.165, 1.54) is 0 Å². The van der Waals surface area contributed by atoms with Crippen LogP contribution in [0.4, 0.5) is 0 Å². The van der Waals surface area contributed by atoms with Gasteiger partial charge >= 0.3 is 0 Å². The minimum absolute atomic E-state index is 0.245. The summed E-state index contributed by atoms with van der Waals surface area (Å²) in [6, 6.07) is 6.07. The summed E-state index contributed by atoms with van der Waals surface area (Å²) in [6.45, 7) is 10.2. The summed E-state index contributed by atoms with van der Waals surface area (Å²) in [5, 5.41) is 13.0. The van der Waals surface area contributed by atoms with E-state index in [0.29, 0.717) is 19.8 Å². The van der Waals surface area contributed by atoms with E-state index in [4.69, 9.17) is 9.47 Å². The van der Waals surface area contributed by atoms with Gasteiger partial charge in [-0.25, -0.2) is 0 Å². The minimum atomic E-state index is -0.519. The summed E-state index contributed by atoms with van der Waals surface area (Å²) >= 11 is 0. The molecular weight excluding hydrogens is 254 g/mol. The van der Waals surface area contributed by atoms with Crippen LogP contribution in [0.5, 0.6) is 5.75 Å². The zero-order chi connectivity index (χ0) is 15.0. The molecule has 2 N–H and O–H groups in total. The monoisotopic (exact) mass is 281 g/mol. The van der Waals surface area contributed by atoms with Crippen LogP contribution in [-0.4, -0.2) is 43.6 Å². The molecule has 0 aliphatic heterocycles. The zero-order valence-electron chi connectivity index (χ0n) is 13.0. The van der Waals surface area contributed by atoms with Crippen molar-refractivity contribution in [3.05, 3.63) is 29.3 Å². The lowest BCUT2D eigenvalue weighted by Gasteiger charge is -2.15. The van der Waals surface area contributed by atoms with Crippen molar-refractivity contribution in [1.29, 1.82) is 0 Å². The first-order chi connectivity index (χ1) is 9.49. The van der Waals surface area contributed by atoms with E-state index in [0.717, 1.165) is 23.4 Å². The van der Waals surface area contributed by atoms with Crippen LogP contribution in [0.3, 0.4) is 0 Å². The lowest BCUT2D eigenvalue weighted by Crippen LogP contribution is -2.33. The highest BCUT2D eigenvalue weighted by Crippen LogP contribution is 2.19. The van der Waals surface area contributed by atoms with Crippen LogP contribution in [-0.2, 0) is 4.74 Å². The summed E-state index contributed by atoms with van der Waals surface area (Å²) in [5.74, 6) is 0.840. The molecule has 1 aromatic carbocycles. The van der Waals surface area contributed by atoms with Crippen LogP contribution in [0, 0.1) is 13.8 Å². The van der Waals surface area contributed by atoms with Gasteiger partial charge in [-0.1, -0.05) is 12.1 Å². The first-order valence-corrected chi connectivity index (χ1v) is 7.19. The van der Waals surface area contributed by atoms with Crippen LogP contribution in [0.25, 0.3) is 0 Å². The molecule has 0 radical (unpaired) electrons. The average molecular weight is 281 g/mol. The maximum absolute atomic E-state index is 9.85. The molecule has 1 atom stereocenters. The fourth-order valence-corrected chi connectivity index (χ4v) is 1.74. The van der Waals surface area contributed by atoms with Gasteiger partial charge in [-0.3, -0.25) is 0 Å². The summed E-state index contributed by atoms with van der Waals surface area (Å²) in [4.78, 5) is 0. The number of ether oxygens (including phenoxy) is 2. The molecule has 0 saturated carbocycles. The molecule has 20 heavy (non-hydrogen) atoms. The van der Waals surface area contributed by atoms with Crippen molar-refractivity contribution in [3.8, 4) is 5.75 Å². The maximum atomic E-state index is 9.85. The Hall–Kier alpha value is -1.10. The highest BCUT2D eigenvalue weighted by Gasteiger charge is 2.06. The van der Waals surface area contributed by atoms with Crippen molar-refractivity contribution in [2.24, 2.45) is 0 Å². The fourth-order valence-electron chi connectivity index (χ4n) is 1.74. The Morgan fingerprint density at radius 1 is 1.25 bits per heavy atom. The van der Waals surface area contributed by atoms with Crippen LogP contribution in [0.2, 0.25) is 0 Å². The summed E-state index contributed by atoms with van der Waals surface area (Å²) in [7, 11) is 0. The average Bonchev–Trinajstić information content (AvgIpc) is 2.39. The third-order valence-electron chi connectivity index (χ3n) is 2.88. The highest BCUT2D eigenvalue weighted by molar-refractivity contribution is 5.35. The molecule has 0 aliphatic rings. The van der Waals surface area contributed by atoms with Crippen molar-refractivity contribution in [2.45, 2.75) is 39.9 Å². The lowest BCUT2D eigenvalue weighted by molar-refractivity contribution is 0.0735. The number of hydrogen-bond acceptors (Lipinski definition) is 4. The number of aliphatic hydroxyl groups excluding tert-OH is 1. The van der Waals surface area contributed by atoms with Crippen molar-refractivity contribution >= 4 is 0 Å². The lowest BCUT2D eigenvalue weighted by atomic mass is 10.1. The second-order valence-corrected chi connectivity index (χ2v) is 5.36. The van der Waals surface area contributed by atoms with Crippen molar-refractivity contribution in [1.82, 2.24) is 5.32 Å². The Morgan fingerprint density at radius 3 is 2.70 bits per heavy atom. The van der Waals surface area contributed by atoms with Crippen molar-refractivity contribution in [2.75, 3.05) is 26.3 Å². The molecule has 1 unspecified atom stereocenters. The van der Waals surface area contributed by atoms with Gasteiger partial charge in [0.05, 0.1) is 12.7 Å². The highest BCUT2D eigenvalue weighted by atomic mass is 16.5. The van der Waals surface area contributed by atoms with E-state index >= 15 is 0 Å². The number of aliphatic hydroxyl groups is 1. The SMILES string of the molecule is Cc1ccc(C)c(OCC(O)CNCCOC(C)C)c1. The maximum Gasteiger partial charge on any atom is 0.122 e. The van der Waals surface area contributed by atoms with E-state index in [1.54, 1.807) is 0 Å². The predicted molar refractivity (Wildman–Crippen MR) is 81.4 cm³/mol. The molecule has 0 aromatic heterocycles. The third kappa shape index (κ3) is 6.89. The number of nitrogens with one attached hydrogen (secondary N) is 1. The fraction of sp³-hybridized carbons (Fsp3) is 0.625. The van der Waals surface area contributed by atoms with Gasteiger partial charge in [-0.15, -0.1) is 0 Å². The number of aryl methyl sites for hydroxylation is 2. The normalized spacial score (nSPS) is 12.7. The molecule has 4 nitrogen and oxygen atoms in total. The number of benzene rings is 1. The Kier molecular flexibility index (Phi) is 7.59. The van der Waals surface area contributed by atoms with Gasteiger partial charge in [-0.05, 0) is 44.9 Å². The Morgan fingerprint density at radius 2 is 2.00 bits per heavy atom. The minimum Gasteiger partial charge on any atom is -0.491 e. The summed E-state index contributed by atoms with van der Waals surface area (Å²) < 4.78 is 11.1. The molecule has 1 rings (SSSR count). The first kappa shape index (κ1) is 17.0. The van der Waals surface area contributed by atoms with Crippen LogP contribution in [0.1, 0.15) is 25.0 Å². The molecule has 0 amide bonds. The molecule has 0 aliphatic carbocycles. The molecule has 114 valence electrons. The standard InChI is InChI=1S/C16H27NO3/c1-12(2)19-8-7-17-10-15(18)11-20-16-9-13(3)5-6-14(16)4/h5-6,9,12,15,17-18H,7-8,10-11H2,1-4H3. The van der Waals surface area contributed by atoms with Gasteiger partial charge in [0.2, 0.25) is 0 Å². The smallest absolute Gasteiger partial charge is 0.122 e. The van der Waals surface area contributed by atoms with Gasteiger partial charge in [0.1, 0.15) is 18.5 Å². The molecule has 0 bridgehead atoms. The van der Waals surface area contributed by atoms with E-state index in [2.05, 4.69) is 11.4 Å². The van der Waals surface area contributed by atoms with Gasteiger partial charge in [-0.2, -0.15) is 0 Å². The van der Waals surface area contributed by atoms with Crippen LogP contribution >= 0.6 is 0 Å². The van der Waals surface area contributed by atoms with Crippen LogP contribution < -0.4 is 10.1 Å². The van der Waals surface area contributed by atoms with Crippen molar-refractivity contribution < 1.29 is 14.6 Å². The Bertz CT molecular complexity index is 393. The molecule has 0 heterocycles. The topological polar surface area (TPSA) is 50.7 Å². The van der Waals surface area contributed by atoms with Crippen molar-refractivity contribution in [3.63, 3.8) is 0 Å². The molecule has 1 aromatic rings.